The second kappa shape index (κ2) is 6.97. The quantitative estimate of drug-likeness (QED) is 0.315. The van der Waals surface area contributed by atoms with E-state index >= 15 is 0 Å². The van der Waals surface area contributed by atoms with Crippen molar-refractivity contribution < 1.29 is 9.53 Å². The van der Waals surface area contributed by atoms with Crippen LogP contribution in [0.2, 0.25) is 0 Å². The van der Waals surface area contributed by atoms with Crippen LogP contribution in [0.15, 0.2) is 68.0 Å². The van der Waals surface area contributed by atoms with E-state index in [1.54, 1.807) is 18.2 Å². The molecule has 0 unspecified atom stereocenters. The van der Waals surface area contributed by atoms with Crippen molar-refractivity contribution >= 4 is 18.4 Å². The second-order valence-corrected chi connectivity index (χ2v) is 3.65. The molecule has 1 aromatic rings. The van der Waals surface area contributed by atoms with Gasteiger partial charge in [-0.15, -0.1) is 0 Å². The molecule has 0 aliphatic rings. The maximum Gasteiger partial charge on any atom is 0.153 e. The van der Waals surface area contributed by atoms with E-state index < -0.39 is 0 Å². The van der Waals surface area contributed by atoms with Gasteiger partial charge in [0.05, 0.1) is 5.57 Å². The van der Waals surface area contributed by atoms with Gasteiger partial charge >= 0.3 is 0 Å². The van der Waals surface area contributed by atoms with Gasteiger partial charge < -0.3 is 4.74 Å². The molecule has 0 amide bonds. The lowest BCUT2D eigenvalue weighted by Gasteiger charge is -2.10. The predicted molar refractivity (Wildman–Crippen MR) is 80.7 cm³/mol. The van der Waals surface area contributed by atoms with E-state index in [1.165, 1.54) is 12.2 Å². The molecular formula is C17H16O2. The number of carbonyl (C=O) groups is 1. The van der Waals surface area contributed by atoms with E-state index in [2.05, 4.69) is 26.3 Å². The van der Waals surface area contributed by atoms with Gasteiger partial charge in [-0.2, -0.15) is 0 Å². The molecule has 0 spiro atoms. The minimum absolute atomic E-state index is 0.350. The Kier molecular flexibility index (Phi) is 5.30. The molecule has 0 radical (unpaired) electrons. The van der Waals surface area contributed by atoms with E-state index in [0.29, 0.717) is 23.4 Å². The van der Waals surface area contributed by atoms with Crippen LogP contribution in [0.1, 0.15) is 11.1 Å². The summed E-state index contributed by atoms with van der Waals surface area (Å²) < 4.78 is 5.63. The van der Waals surface area contributed by atoms with Crippen LogP contribution in [-0.4, -0.2) is 6.29 Å². The lowest BCUT2D eigenvalue weighted by Crippen LogP contribution is -1.98. The molecule has 0 N–H and O–H groups in total. The maximum atomic E-state index is 10.9. The highest BCUT2D eigenvalue weighted by Crippen LogP contribution is 2.22. The van der Waals surface area contributed by atoms with E-state index in [1.807, 2.05) is 12.1 Å². The Bertz CT molecular complexity index is 553. The Morgan fingerprint density at radius 2 is 1.68 bits per heavy atom. The van der Waals surface area contributed by atoms with Crippen LogP contribution in [-0.2, 0) is 4.79 Å². The molecular weight excluding hydrogens is 236 g/mol. The van der Waals surface area contributed by atoms with Gasteiger partial charge in [-0.1, -0.05) is 50.6 Å². The minimum atomic E-state index is 0.350. The van der Waals surface area contributed by atoms with Crippen molar-refractivity contribution in [2.24, 2.45) is 0 Å². The van der Waals surface area contributed by atoms with Crippen LogP contribution in [0.4, 0.5) is 0 Å². The first-order chi connectivity index (χ1) is 9.19. The lowest BCUT2D eigenvalue weighted by molar-refractivity contribution is -0.104. The molecule has 0 saturated carbocycles. The maximum absolute atomic E-state index is 10.9. The normalized spacial score (nSPS) is 10.9. The van der Waals surface area contributed by atoms with E-state index in [9.17, 15) is 4.79 Å². The first-order valence-electron chi connectivity index (χ1n) is 5.71. The molecule has 0 saturated heterocycles. The lowest BCUT2D eigenvalue weighted by atomic mass is 10.1. The van der Waals surface area contributed by atoms with Gasteiger partial charge in [-0.25, -0.2) is 0 Å². The van der Waals surface area contributed by atoms with Crippen molar-refractivity contribution in [1.82, 2.24) is 0 Å². The van der Waals surface area contributed by atoms with Crippen molar-refractivity contribution in [3.8, 4) is 5.75 Å². The van der Waals surface area contributed by atoms with Crippen molar-refractivity contribution in [3.05, 3.63) is 79.1 Å². The number of carbonyl (C=O) groups excluding carboxylic acids is 1. The third kappa shape index (κ3) is 3.42. The highest BCUT2D eigenvalue weighted by atomic mass is 16.5. The largest absolute Gasteiger partial charge is 0.457 e. The van der Waals surface area contributed by atoms with Crippen molar-refractivity contribution in [2.45, 2.75) is 0 Å². The van der Waals surface area contributed by atoms with Crippen LogP contribution in [0.5, 0.6) is 5.75 Å². The molecule has 0 fully saturated rings. The predicted octanol–water partition coefficient (Wildman–Crippen LogP) is 4.18. The van der Waals surface area contributed by atoms with Crippen LogP contribution in [0.3, 0.4) is 0 Å². The summed E-state index contributed by atoms with van der Waals surface area (Å²) in [6.07, 6.45) is 7.04. The number of ether oxygens (including phenoxy) is 1. The molecule has 2 heteroatoms. The van der Waals surface area contributed by atoms with Crippen molar-refractivity contribution in [3.63, 3.8) is 0 Å². The SMILES string of the molecule is C=C/C(C=O)=C(\C=C)Oc1ccc(C=C)c(C=C)c1. The zero-order valence-corrected chi connectivity index (χ0v) is 10.8. The standard InChI is InChI=1S/C17H16O2/c1-5-13-9-10-16(11-14(13)6-2)19-17(8-4)15(7-3)12-18/h5-12H,1-4H2/b17-15-. The highest BCUT2D eigenvalue weighted by Gasteiger charge is 2.05. The van der Waals surface area contributed by atoms with E-state index in [4.69, 9.17) is 4.74 Å². The molecule has 0 aromatic heterocycles. The van der Waals surface area contributed by atoms with Crippen molar-refractivity contribution in [1.29, 1.82) is 0 Å². The Labute approximate surface area is 113 Å². The fraction of sp³-hybridized carbons (Fsp3) is 0. The molecule has 2 nitrogen and oxygen atoms in total. The topological polar surface area (TPSA) is 26.3 Å². The van der Waals surface area contributed by atoms with Gasteiger partial charge in [0.15, 0.2) is 6.29 Å². The first-order valence-corrected chi connectivity index (χ1v) is 5.71. The number of benzene rings is 1. The second-order valence-electron chi connectivity index (χ2n) is 3.65. The van der Waals surface area contributed by atoms with Crippen LogP contribution < -0.4 is 4.74 Å². The van der Waals surface area contributed by atoms with Gasteiger partial charge in [0.2, 0.25) is 0 Å². The average Bonchev–Trinajstić information content (AvgIpc) is 2.46. The average molecular weight is 252 g/mol. The smallest absolute Gasteiger partial charge is 0.153 e. The summed E-state index contributed by atoms with van der Waals surface area (Å²) in [6.45, 7) is 14.6. The molecule has 0 atom stereocenters. The van der Waals surface area contributed by atoms with Gasteiger partial charge in [0.25, 0.3) is 0 Å². The molecule has 0 aliphatic carbocycles. The number of hydrogen-bond acceptors (Lipinski definition) is 2. The van der Waals surface area contributed by atoms with Gasteiger partial charge in [-0.3, -0.25) is 4.79 Å². The Hall–Kier alpha value is -2.61. The van der Waals surface area contributed by atoms with Gasteiger partial charge in [0, 0.05) is 0 Å². The summed E-state index contributed by atoms with van der Waals surface area (Å²) >= 11 is 0. The van der Waals surface area contributed by atoms with Crippen LogP contribution in [0.25, 0.3) is 12.2 Å². The van der Waals surface area contributed by atoms with Crippen LogP contribution >= 0.6 is 0 Å². The zero-order valence-electron chi connectivity index (χ0n) is 10.8. The van der Waals surface area contributed by atoms with Gasteiger partial charge in [-0.05, 0) is 29.3 Å². The van der Waals surface area contributed by atoms with E-state index in [-0.39, 0.29) is 0 Å². The molecule has 0 bridgehead atoms. The fourth-order valence-electron chi connectivity index (χ4n) is 1.53. The third-order valence-corrected chi connectivity index (χ3v) is 2.54. The molecule has 19 heavy (non-hydrogen) atoms. The molecule has 96 valence electrons. The summed E-state index contributed by atoms with van der Waals surface area (Å²) in [6, 6.07) is 5.48. The molecule has 0 aliphatic heterocycles. The number of rotatable bonds is 7. The zero-order chi connectivity index (χ0) is 14.3. The fourth-order valence-corrected chi connectivity index (χ4v) is 1.53. The van der Waals surface area contributed by atoms with Crippen molar-refractivity contribution in [2.75, 3.05) is 0 Å². The first kappa shape index (κ1) is 14.5. The minimum Gasteiger partial charge on any atom is -0.457 e. The number of aldehydes is 1. The van der Waals surface area contributed by atoms with Gasteiger partial charge in [0.1, 0.15) is 11.5 Å². The highest BCUT2D eigenvalue weighted by molar-refractivity contribution is 5.79. The molecule has 1 aromatic carbocycles. The summed E-state index contributed by atoms with van der Waals surface area (Å²) in [5.74, 6) is 0.961. The Balaban J connectivity index is 3.18. The van der Waals surface area contributed by atoms with Crippen LogP contribution in [0, 0.1) is 0 Å². The Morgan fingerprint density at radius 3 is 2.16 bits per heavy atom. The molecule has 1 rings (SSSR count). The monoisotopic (exact) mass is 252 g/mol. The Morgan fingerprint density at radius 1 is 1.00 bits per heavy atom. The summed E-state index contributed by atoms with van der Waals surface area (Å²) in [7, 11) is 0. The third-order valence-electron chi connectivity index (χ3n) is 2.54. The number of hydrogen-bond donors (Lipinski definition) is 0. The van der Waals surface area contributed by atoms with E-state index in [0.717, 1.165) is 11.1 Å². The summed E-state index contributed by atoms with van der Waals surface area (Å²) in [5.41, 5.74) is 2.22. The summed E-state index contributed by atoms with van der Waals surface area (Å²) in [5, 5.41) is 0. The molecule has 0 heterocycles. The summed E-state index contributed by atoms with van der Waals surface area (Å²) in [4.78, 5) is 10.9. The number of allylic oxidation sites excluding steroid dienone is 3.